The molecular weight excluding hydrogens is 286 g/mol. The zero-order chi connectivity index (χ0) is 16.1. The van der Waals surface area contributed by atoms with Crippen molar-refractivity contribution in [2.75, 3.05) is 26.2 Å². The van der Waals surface area contributed by atoms with Gasteiger partial charge in [0, 0.05) is 32.2 Å². The summed E-state index contributed by atoms with van der Waals surface area (Å²) >= 11 is 0. The number of nitrogens with zero attached hydrogens (tertiary/aromatic N) is 2. The van der Waals surface area contributed by atoms with Crippen LogP contribution in [0.4, 0.5) is 0 Å². The van der Waals surface area contributed by atoms with Gasteiger partial charge in [-0.15, -0.1) is 0 Å². The van der Waals surface area contributed by atoms with E-state index >= 15 is 0 Å². The lowest BCUT2D eigenvalue weighted by atomic mass is 10.0. The van der Waals surface area contributed by atoms with E-state index < -0.39 is 0 Å². The zero-order valence-electron chi connectivity index (χ0n) is 14.2. The lowest BCUT2D eigenvalue weighted by Gasteiger charge is -2.42. The van der Waals surface area contributed by atoms with Gasteiger partial charge in [0.25, 0.3) is 0 Å². The molecule has 0 saturated carbocycles. The van der Waals surface area contributed by atoms with Gasteiger partial charge < -0.3 is 10.2 Å². The van der Waals surface area contributed by atoms with E-state index in [2.05, 4.69) is 52.4 Å². The molecule has 126 valence electrons. The number of amides is 1. The summed E-state index contributed by atoms with van der Waals surface area (Å²) < 4.78 is 0. The molecule has 0 bridgehead atoms. The van der Waals surface area contributed by atoms with Gasteiger partial charge >= 0.3 is 0 Å². The van der Waals surface area contributed by atoms with Crippen LogP contribution in [0.5, 0.6) is 0 Å². The van der Waals surface area contributed by atoms with Crippen molar-refractivity contribution in [3.05, 3.63) is 35.9 Å². The number of rotatable bonds is 5. The fraction of sp³-hybridized carbons (Fsp3) is 0.632. The van der Waals surface area contributed by atoms with Crippen LogP contribution in [-0.4, -0.2) is 54.0 Å². The molecule has 1 N–H and O–H groups in total. The number of benzene rings is 1. The van der Waals surface area contributed by atoms with Crippen molar-refractivity contribution in [2.45, 2.75) is 51.2 Å². The largest absolute Gasteiger partial charge is 0.338 e. The highest BCUT2D eigenvalue weighted by atomic mass is 16.2. The van der Waals surface area contributed by atoms with Crippen LogP contribution in [0, 0.1) is 0 Å². The molecule has 1 amide bonds. The Bertz CT molecular complexity index is 499. The van der Waals surface area contributed by atoms with Gasteiger partial charge in [0.2, 0.25) is 5.91 Å². The normalized spacial score (nSPS) is 25.7. The average Bonchev–Trinajstić information content (AvgIpc) is 3.11. The third-order valence-corrected chi connectivity index (χ3v) is 5.13. The van der Waals surface area contributed by atoms with E-state index in [-0.39, 0.29) is 6.04 Å². The molecule has 0 aromatic heterocycles. The van der Waals surface area contributed by atoms with Crippen molar-refractivity contribution in [3.8, 4) is 0 Å². The number of carbonyl (C=O) groups is 1. The van der Waals surface area contributed by atoms with Crippen molar-refractivity contribution in [2.24, 2.45) is 0 Å². The summed E-state index contributed by atoms with van der Waals surface area (Å²) in [6.07, 6.45) is 4.46. The van der Waals surface area contributed by atoms with Crippen LogP contribution >= 0.6 is 0 Å². The first-order chi connectivity index (χ1) is 11.3. The highest BCUT2D eigenvalue weighted by molar-refractivity contribution is 5.82. The number of carbonyl (C=O) groups excluding carboxylic acids is 1. The zero-order valence-corrected chi connectivity index (χ0v) is 14.2. The maximum absolute atomic E-state index is 12.7. The summed E-state index contributed by atoms with van der Waals surface area (Å²) in [6.45, 7) is 6.96. The lowest BCUT2D eigenvalue weighted by molar-refractivity contribution is -0.136. The quantitative estimate of drug-likeness (QED) is 0.905. The van der Waals surface area contributed by atoms with E-state index in [4.69, 9.17) is 0 Å². The van der Waals surface area contributed by atoms with E-state index in [0.717, 1.165) is 52.0 Å². The number of nitrogens with one attached hydrogen (secondary N) is 1. The molecule has 4 nitrogen and oxygen atoms in total. The Hall–Kier alpha value is -1.39. The average molecular weight is 315 g/mol. The molecule has 2 fully saturated rings. The summed E-state index contributed by atoms with van der Waals surface area (Å²) in [4.78, 5) is 17.3. The fourth-order valence-corrected chi connectivity index (χ4v) is 3.84. The standard InChI is InChI=1S/C19H29N3O/c1-2-7-17-15-22(19(23)18-10-6-11-20-18)13-12-21(17)14-16-8-4-3-5-9-16/h3-5,8-9,17-18,20H,2,6-7,10-15H2,1H3. The first-order valence-corrected chi connectivity index (χ1v) is 9.08. The van der Waals surface area contributed by atoms with Crippen molar-refractivity contribution >= 4 is 5.91 Å². The second-order valence-corrected chi connectivity index (χ2v) is 6.83. The molecule has 1 aromatic rings. The maximum atomic E-state index is 12.7. The molecule has 4 heteroatoms. The molecule has 3 rings (SSSR count). The molecule has 0 radical (unpaired) electrons. The van der Waals surface area contributed by atoms with Gasteiger partial charge in [-0.1, -0.05) is 43.7 Å². The summed E-state index contributed by atoms with van der Waals surface area (Å²) in [7, 11) is 0. The van der Waals surface area contributed by atoms with Crippen molar-refractivity contribution in [1.82, 2.24) is 15.1 Å². The first kappa shape index (κ1) is 16.5. The van der Waals surface area contributed by atoms with Crippen molar-refractivity contribution in [3.63, 3.8) is 0 Å². The topological polar surface area (TPSA) is 35.6 Å². The predicted molar refractivity (Wildman–Crippen MR) is 93.2 cm³/mol. The van der Waals surface area contributed by atoms with E-state index in [1.165, 1.54) is 12.0 Å². The Kier molecular flexibility index (Phi) is 5.68. The van der Waals surface area contributed by atoms with Gasteiger partial charge in [-0.2, -0.15) is 0 Å². The van der Waals surface area contributed by atoms with Crippen LogP contribution in [0.25, 0.3) is 0 Å². The Morgan fingerprint density at radius 3 is 2.78 bits per heavy atom. The number of piperazine rings is 1. The molecule has 2 heterocycles. The smallest absolute Gasteiger partial charge is 0.239 e. The van der Waals surface area contributed by atoms with Gasteiger partial charge in [-0.25, -0.2) is 0 Å². The van der Waals surface area contributed by atoms with Crippen LogP contribution in [0.15, 0.2) is 30.3 Å². The third-order valence-electron chi connectivity index (χ3n) is 5.13. The molecule has 1 aromatic carbocycles. The maximum Gasteiger partial charge on any atom is 0.239 e. The Balaban J connectivity index is 1.62. The van der Waals surface area contributed by atoms with Gasteiger partial charge in [0.15, 0.2) is 0 Å². The van der Waals surface area contributed by atoms with E-state index in [1.54, 1.807) is 0 Å². The van der Waals surface area contributed by atoms with E-state index in [1.807, 2.05) is 0 Å². The molecule has 0 spiro atoms. The van der Waals surface area contributed by atoms with Crippen LogP contribution in [0.2, 0.25) is 0 Å². The first-order valence-electron chi connectivity index (χ1n) is 9.08. The van der Waals surface area contributed by atoms with Crippen molar-refractivity contribution in [1.29, 1.82) is 0 Å². The minimum absolute atomic E-state index is 0.0675. The molecule has 2 aliphatic rings. The Morgan fingerprint density at radius 2 is 2.09 bits per heavy atom. The molecule has 2 saturated heterocycles. The van der Waals surface area contributed by atoms with Gasteiger partial charge in [-0.05, 0) is 31.4 Å². The van der Waals surface area contributed by atoms with Crippen LogP contribution in [0.3, 0.4) is 0 Å². The van der Waals surface area contributed by atoms with Gasteiger partial charge in [0.05, 0.1) is 6.04 Å². The highest BCUT2D eigenvalue weighted by Gasteiger charge is 2.33. The molecule has 0 aliphatic carbocycles. The Labute approximate surface area is 139 Å². The number of hydrogen-bond acceptors (Lipinski definition) is 3. The number of hydrogen-bond donors (Lipinski definition) is 1. The van der Waals surface area contributed by atoms with Gasteiger partial charge in [0.1, 0.15) is 0 Å². The SMILES string of the molecule is CCCC1CN(C(=O)C2CCCN2)CCN1Cc1ccccc1. The molecule has 2 atom stereocenters. The second kappa shape index (κ2) is 7.93. The monoisotopic (exact) mass is 315 g/mol. The van der Waals surface area contributed by atoms with E-state index in [9.17, 15) is 4.79 Å². The summed E-state index contributed by atoms with van der Waals surface area (Å²) in [6, 6.07) is 11.2. The Morgan fingerprint density at radius 1 is 1.26 bits per heavy atom. The predicted octanol–water partition coefficient (Wildman–Crippen LogP) is 2.25. The van der Waals surface area contributed by atoms with Crippen molar-refractivity contribution < 1.29 is 4.79 Å². The fourth-order valence-electron chi connectivity index (χ4n) is 3.84. The second-order valence-electron chi connectivity index (χ2n) is 6.83. The summed E-state index contributed by atoms with van der Waals surface area (Å²) in [5.41, 5.74) is 1.37. The highest BCUT2D eigenvalue weighted by Crippen LogP contribution is 2.19. The minimum Gasteiger partial charge on any atom is -0.338 e. The molecule has 2 unspecified atom stereocenters. The molecule has 23 heavy (non-hydrogen) atoms. The van der Waals surface area contributed by atoms with Crippen LogP contribution < -0.4 is 5.32 Å². The minimum atomic E-state index is 0.0675. The van der Waals surface area contributed by atoms with Gasteiger partial charge in [-0.3, -0.25) is 9.69 Å². The van der Waals surface area contributed by atoms with Crippen LogP contribution in [0.1, 0.15) is 38.2 Å². The summed E-state index contributed by atoms with van der Waals surface area (Å²) in [5.74, 6) is 0.322. The molecule has 2 aliphatic heterocycles. The summed E-state index contributed by atoms with van der Waals surface area (Å²) in [5, 5.41) is 3.35. The molecular formula is C19H29N3O. The van der Waals surface area contributed by atoms with E-state index in [0.29, 0.717) is 11.9 Å². The lowest BCUT2D eigenvalue weighted by Crippen LogP contribution is -2.57. The van der Waals surface area contributed by atoms with Crippen LogP contribution in [-0.2, 0) is 11.3 Å². The third kappa shape index (κ3) is 4.12.